The number of hydrogen-bond acceptors (Lipinski definition) is 8. The molecule has 54 heavy (non-hydrogen) atoms. The van der Waals surface area contributed by atoms with Crippen LogP contribution in [-0.4, -0.2) is 66.9 Å². The van der Waals surface area contributed by atoms with Crippen LogP contribution < -0.4 is 24.9 Å². The van der Waals surface area contributed by atoms with Crippen molar-refractivity contribution in [1.82, 2.24) is 15.0 Å². The fourth-order valence-electron chi connectivity index (χ4n) is 8.47. The Morgan fingerprint density at radius 3 is 2.31 bits per heavy atom. The number of nitrogens with zero attached hydrogens (tertiary/aromatic N) is 4. The molecule has 1 saturated heterocycles. The highest BCUT2D eigenvalue weighted by molar-refractivity contribution is 6.91. The quantitative estimate of drug-likeness (QED) is 0.142. The van der Waals surface area contributed by atoms with Gasteiger partial charge in [-0.05, 0) is 72.1 Å². The average Bonchev–Trinajstić information content (AvgIpc) is 3.84. The second-order valence-electron chi connectivity index (χ2n) is 14.7. The molecule has 12 heteroatoms. The number of carbonyl (C=O) groups excluding carboxylic acids is 2. The molecule has 1 spiro atoms. The predicted octanol–water partition coefficient (Wildman–Crippen LogP) is 5.94. The van der Waals surface area contributed by atoms with Crippen LogP contribution in [0.3, 0.4) is 0 Å². The van der Waals surface area contributed by atoms with Gasteiger partial charge in [0.25, 0.3) is 11.8 Å². The third kappa shape index (κ3) is 6.81. The van der Waals surface area contributed by atoms with Gasteiger partial charge in [-0.3, -0.25) is 14.3 Å². The molecule has 2 amide bonds. The van der Waals surface area contributed by atoms with Gasteiger partial charge in [-0.1, -0.05) is 72.9 Å². The second-order valence-corrected chi connectivity index (χ2v) is 19.4. The summed E-state index contributed by atoms with van der Waals surface area (Å²) >= 11 is 0. The number of aliphatic hydroxyl groups excluding tert-OH is 1. The molecule has 1 fully saturated rings. The lowest BCUT2D eigenvalue weighted by molar-refractivity contribution is -0.146. The molecule has 0 aliphatic carbocycles. The molecule has 2 N–H and O–H groups in total. The van der Waals surface area contributed by atoms with Crippen LogP contribution in [0.15, 0.2) is 103 Å². The lowest BCUT2D eigenvalue weighted by atomic mass is 9.82. The highest BCUT2D eigenvalue weighted by Crippen LogP contribution is 2.60. The van der Waals surface area contributed by atoms with Crippen molar-refractivity contribution in [3.8, 4) is 11.5 Å². The Labute approximate surface area is 316 Å². The summed E-state index contributed by atoms with van der Waals surface area (Å²) in [5, 5.41) is 22.3. The fourth-order valence-corrected chi connectivity index (χ4v) is 12.5. The van der Waals surface area contributed by atoms with Gasteiger partial charge >= 0.3 is 0 Å². The predicted molar refractivity (Wildman–Crippen MR) is 210 cm³/mol. The van der Waals surface area contributed by atoms with Crippen molar-refractivity contribution < 1.29 is 28.9 Å². The van der Waals surface area contributed by atoms with E-state index < -0.39 is 13.7 Å². The number of rotatable bonds is 13. The number of anilines is 2. The molecule has 3 heterocycles. The van der Waals surface area contributed by atoms with E-state index in [1.165, 1.54) is 5.19 Å². The standard InChI is InChI=1S/C42H47N5O6Si/c1-28-39(54(4,5)35-18-16-34(52-3)17-19-35)38(21-23-46-27-32(22-24-48)44-45-46)53-42(28)36-25-31(43-40(49)30-11-14-33(51-2)15-12-30)13-20-37(36)47(41(42)50)26-29-9-7-6-8-10-29/h6-20,25,27-28,38-39,48H,21-24,26H2,1-5H3,(H,43,49)/t28-,38+,39-,42+/m1/s1. The van der Waals surface area contributed by atoms with E-state index >= 15 is 4.79 Å². The summed E-state index contributed by atoms with van der Waals surface area (Å²) < 4.78 is 19.9. The van der Waals surface area contributed by atoms with Crippen molar-refractivity contribution in [2.24, 2.45) is 5.92 Å². The van der Waals surface area contributed by atoms with Crippen LogP contribution in [-0.2, 0) is 34.6 Å². The molecule has 7 rings (SSSR count). The van der Waals surface area contributed by atoms with E-state index in [0.717, 1.165) is 28.3 Å². The molecular weight excluding hydrogens is 699 g/mol. The Kier molecular flexibility index (Phi) is 10.4. The molecule has 4 atom stereocenters. The summed E-state index contributed by atoms with van der Waals surface area (Å²) in [6, 6.07) is 30.9. The van der Waals surface area contributed by atoms with E-state index in [0.29, 0.717) is 42.9 Å². The van der Waals surface area contributed by atoms with Crippen LogP contribution in [0.25, 0.3) is 0 Å². The Balaban J connectivity index is 1.30. The van der Waals surface area contributed by atoms with Gasteiger partial charge in [0.2, 0.25) is 0 Å². The van der Waals surface area contributed by atoms with Gasteiger partial charge in [0, 0.05) is 48.5 Å². The Hall–Kier alpha value is -5.30. The van der Waals surface area contributed by atoms with Crippen molar-refractivity contribution in [3.05, 3.63) is 126 Å². The zero-order valence-corrected chi connectivity index (χ0v) is 32.4. The van der Waals surface area contributed by atoms with Gasteiger partial charge in [0.15, 0.2) is 5.60 Å². The molecule has 0 bridgehead atoms. The van der Waals surface area contributed by atoms with Crippen LogP contribution in [0.5, 0.6) is 11.5 Å². The van der Waals surface area contributed by atoms with E-state index in [9.17, 15) is 9.90 Å². The van der Waals surface area contributed by atoms with Gasteiger partial charge in [0.1, 0.15) is 11.5 Å². The number of aryl methyl sites for hydroxylation is 1. The summed E-state index contributed by atoms with van der Waals surface area (Å²) in [5.74, 6) is 0.847. The van der Waals surface area contributed by atoms with Gasteiger partial charge < -0.3 is 29.5 Å². The maximum Gasteiger partial charge on any atom is 0.264 e. The van der Waals surface area contributed by atoms with Crippen molar-refractivity contribution in [2.45, 2.75) is 63.2 Å². The van der Waals surface area contributed by atoms with E-state index in [1.54, 1.807) is 43.2 Å². The first-order valence-corrected chi connectivity index (χ1v) is 21.4. The minimum atomic E-state index is -2.40. The van der Waals surface area contributed by atoms with Crippen LogP contribution in [0, 0.1) is 5.92 Å². The molecule has 0 radical (unpaired) electrons. The summed E-state index contributed by atoms with van der Waals surface area (Å²) in [5.41, 5.74) is 3.01. The summed E-state index contributed by atoms with van der Waals surface area (Å²) in [6.07, 6.45) is 2.58. The number of carbonyl (C=O) groups is 2. The molecule has 0 saturated carbocycles. The lowest BCUT2D eigenvalue weighted by Crippen LogP contribution is -2.51. The zero-order valence-electron chi connectivity index (χ0n) is 31.4. The summed E-state index contributed by atoms with van der Waals surface area (Å²) in [6.45, 7) is 7.78. The molecule has 1 aromatic heterocycles. The Morgan fingerprint density at radius 1 is 0.963 bits per heavy atom. The molecular formula is C42H47N5O6Si. The smallest absolute Gasteiger partial charge is 0.264 e. The molecule has 2 aliphatic rings. The Morgan fingerprint density at radius 2 is 1.65 bits per heavy atom. The largest absolute Gasteiger partial charge is 0.497 e. The topological polar surface area (TPSA) is 128 Å². The van der Waals surface area contributed by atoms with Crippen molar-refractivity contribution in [1.29, 1.82) is 0 Å². The lowest BCUT2D eigenvalue weighted by Gasteiger charge is -2.37. The van der Waals surface area contributed by atoms with Gasteiger partial charge in [-0.2, -0.15) is 0 Å². The van der Waals surface area contributed by atoms with E-state index in [4.69, 9.17) is 14.2 Å². The maximum atomic E-state index is 15.3. The Bertz CT molecular complexity index is 2110. The third-order valence-corrected chi connectivity index (χ3v) is 15.6. The number of amides is 2. The van der Waals surface area contributed by atoms with Crippen LogP contribution in [0.2, 0.25) is 18.6 Å². The molecule has 5 aromatic rings. The molecule has 2 aliphatic heterocycles. The third-order valence-electron chi connectivity index (χ3n) is 11.2. The first kappa shape index (κ1) is 37.0. The fraction of sp³-hybridized carbons (Fsp3) is 0.333. The van der Waals surface area contributed by atoms with Gasteiger partial charge in [-0.15, -0.1) is 5.10 Å². The monoisotopic (exact) mass is 745 g/mol. The molecule has 11 nitrogen and oxygen atoms in total. The zero-order chi connectivity index (χ0) is 38.0. The SMILES string of the molecule is COc1ccc(C(=O)Nc2ccc3c(c2)[C@]2(O[C@@H](CCn4cc(CCO)nn4)[C@H]([Si](C)(C)c4ccc(OC)cc4)[C@H]2C)C(=O)N3Cc2ccccc2)cc1. The van der Waals surface area contributed by atoms with E-state index in [1.807, 2.05) is 71.8 Å². The van der Waals surface area contributed by atoms with Crippen molar-refractivity contribution in [3.63, 3.8) is 0 Å². The number of aromatic nitrogens is 3. The number of ether oxygens (including phenoxy) is 3. The van der Waals surface area contributed by atoms with Gasteiger partial charge in [-0.25, -0.2) is 0 Å². The summed E-state index contributed by atoms with van der Waals surface area (Å²) in [4.78, 5) is 30.6. The molecule has 0 unspecified atom stereocenters. The van der Waals surface area contributed by atoms with Crippen molar-refractivity contribution in [2.75, 3.05) is 31.0 Å². The van der Waals surface area contributed by atoms with Gasteiger partial charge in [0.05, 0.1) is 46.3 Å². The molecule has 280 valence electrons. The van der Waals surface area contributed by atoms with E-state index in [2.05, 4.69) is 47.8 Å². The van der Waals surface area contributed by atoms with Crippen molar-refractivity contribution >= 4 is 36.4 Å². The highest BCUT2D eigenvalue weighted by atomic mass is 28.3. The molecule has 4 aromatic carbocycles. The van der Waals surface area contributed by atoms with Crippen LogP contribution >= 0.6 is 0 Å². The first-order chi connectivity index (χ1) is 26.1. The number of benzene rings is 4. The van der Waals surface area contributed by atoms with E-state index in [-0.39, 0.29) is 36.0 Å². The van der Waals surface area contributed by atoms with Crippen LogP contribution in [0.1, 0.15) is 40.5 Å². The number of nitrogens with one attached hydrogen (secondary N) is 1. The number of methoxy groups -OCH3 is 2. The number of fused-ring (bicyclic) bond motifs is 2. The maximum absolute atomic E-state index is 15.3. The average molecular weight is 746 g/mol. The minimum Gasteiger partial charge on any atom is -0.497 e. The minimum absolute atomic E-state index is 0.00225. The first-order valence-electron chi connectivity index (χ1n) is 18.4. The van der Waals surface area contributed by atoms with Crippen LogP contribution in [0.4, 0.5) is 11.4 Å². The summed E-state index contributed by atoms with van der Waals surface area (Å²) in [7, 11) is 0.856. The number of hydrogen-bond donors (Lipinski definition) is 2. The number of aliphatic hydroxyl groups is 1. The normalized spacial score (nSPS) is 20.7. The highest BCUT2D eigenvalue weighted by Gasteiger charge is 2.66. The second kappa shape index (κ2) is 15.2.